The molecular formula is C22H31N5O4. The minimum Gasteiger partial charge on any atom is -0.453 e. The van der Waals surface area contributed by atoms with Crippen molar-refractivity contribution < 1.29 is 19.1 Å². The molecule has 0 bridgehead atoms. The fourth-order valence-electron chi connectivity index (χ4n) is 4.34. The van der Waals surface area contributed by atoms with Gasteiger partial charge < -0.3 is 24.8 Å². The van der Waals surface area contributed by atoms with Gasteiger partial charge >= 0.3 is 6.09 Å². The predicted octanol–water partition coefficient (Wildman–Crippen LogP) is 1.36. The summed E-state index contributed by atoms with van der Waals surface area (Å²) in [6.45, 7) is 5.57. The molecule has 1 aliphatic carbocycles. The van der Waals surface area contributed by atoms with Crippen LogP contribution >= 0.6 is 0 Å². The average Bonchev–Trinajstić information content (AvgIpc) is 2.78. The molecule has 168 valence electrons. The maximum atomic E-state index is 12.9. The van der Waals surface area contributed by atoms with E-state index in [4.69, 9.17) is 4.74 Å². The highest BCUT2D eigenvalue weighted by Crippen LogP contribution is 2.31. The monoisotopic (exact) mass is 429 g/mol. The van der Waals surface area contributed by atoms with E-state index in [2.05, 4.69) is 15.5 Å². The standard InChI is InChI=1S/C22H31N5O4/c1-31-22(30)24-18-15-17(21(29)26-9-7-23-8-10-26)5-6-19(18)25-11-13-27(14-12-25)20(28)16-3-2-4-16/h5-6,15-16,23H,2-4,7-14H2,1H3,(H,24,30). The van der Waals surface area contributed by atoms with E-state index in [-0.39, 0.29) is 17.7 Å². The molecule has 1 aromatic rings. The van der Waals surface area contributed by atoms with Gasteiger partial charge in [-0.3, -0.25) is 14.9 Å². The first kappa shape index (κ1) is 21.4. The smallest absolute Gasteiger partial charge is 0.411 e. The average molecular weight is 430 g/mol. The summed E-state index contributed by atoms with van der Waals surface area (Å²) in [5.74, 6) is 0.436. The topological polar surface area (TPSA) is 94.2 Å². The zero-order chi connectivity index (χ0) is 21.8. The second-order valence-corrected chi connectivity index (χ2v) is 8.33. The lowest BCUT2D eigenvalue weighted by molar-refractivity contribution is -0.138. The highest BCUT2D eigenvalue weighted by Gasteiger charge is 2.31. The van der Waals surface area contributed by atoms with Crippen LogP contribution in [0, 0.1) is 5.92 Å². The number of amides is 3. The van der Waals surface area contributed by atoms with Crippen LogP contribution in [0.4, 0.5) is 16.2 Å². The summed E-state index contributed by atoms with van der Waals surface area (Å²) in [5, 5.41) is 6.00. The van der Waals surface area contributed by atoms with Gasteiger partial charge in [-0.25, -0.2) is 4.79 Å². The van der Waals surface area contributed by atoms with Gasteiger partial charge in [0.1, 0.15) is 0 Å². The molecule has 0 spiro atoms. The molecule has 0 atom stereocenters. The van der Waals surface area contributed by atoms with Crippen molar-refractivity contribution in [2.45, 2.75) is 19.3 Å². The fourth-order valence-corrected chi connectivity index (χ4v) is 4.34. The zero-order valence-electron chi connectivity index (χ0n) is 18.1. The Morgan fingerprint density at radius 2 is 1.71 bits per heavy atom. The van der Waals surface area contributed by atoms with Crippen molar-refractivity contribution in [3.8, 4) is 0 Å². The Bertz CT molecular complexity index is 827. The minimum absolute atomic E-state index is 0.0446. The Balaban J connectivity index is 1.49. The second kappa shape index (κ2) is 9.55. The SMILES string of the molecule is COC(=O)Nc1cc(C(=O)N2CCNCC2)ccc1N1CCN(C(=O)C2CCC2)CC1. The van der Waals surface area contributed by atoms with Crippen LogP contribution in [0.15, 0.2) is 18.2 Å². The number of hydrogen-bond acceptors (Lipinski definition) is 6. The molecule has 0 unspecified atom stereocenters. The number of nitrogens with zero attached hydrogens (tertiary/aromatic N) is 3. The molecule has 0 aromatic heterocycles. The van der Waals surface area contributed by atoms with Gasteiger partial charge in [-0.1, -0.05) is 6.42 Å². The summed E-state index contributed by atoms with van der Waals surface area (Å²) < 4.78 is 4.78. The van der Waals surface area contributed by atoms with E-state index in [0.717, 1.165) is 38.0 Å². The third kappa shape index (κ3) is 4.76. The third-order valence-corrected chi connectivity index (χ3v) is 6.46. The Morgan fingerprint density at radius 1 is 1.00 bits per heavy atom. The van der Waals surface area contributed by atoms with E-state index in [0.29, 0.717) is 50.5 Å². The summed E-state index contributed by atoms with van der Waals surface area (Å²) in [7, 11) is 1.32. The first-order valence-electron chi connectivity index (χ1n) is 11.1. The summed E-state index contributed by atoms with van der Waals surface area (Å²) in [5.41, 5.74) is 1.92. The maximum absolute atomic E-state index is 12.9. The van der Waals surface area contributed by atoms with Crippen LogP contribution in [0.2, 0.25) is 0 Å². The summed E-state index contributed by atoms with van der Waals surface area (Å²) in [4.78, 5) is 43.3. The molecule has 2 N–H and O–H groups in total. The molecule has 9 heteroatoms. The first-order chi connectivity index (χ1) is 15.1. The Morgan fingerprint density at radius 3 is 2.32 bits per heavy atom. The summed E-state index contributed by atoms with van der Waals surface area (Å²) in [6, 6.07) is 5.42. The minimum atomic E-state index is -0.577. The molecule has 2 heterocycles. The maximum Gasteiger partial charge on any atom is 0.411 e. The largest absolute Gasteiger partial charge is 0.453 e. The first-order valence-corrected chi connectivity index (χ1v) is 11.1. The molecule has 3 amide bonds. The Labute approximate surface area is 182 Å². The van der Waals surface area contributed by atoms with E-state index < -0.39 is 6.09 Å². The summed E-state index contributed by atoms with van der Waals surface area (Å²) >= 11 is 0. The lowest BCUT2D eigenvalue weighted by atomic mass is 9.84. The summed E-state index contributed by atoms with van der Waals surface area (Å²) in [6.07, 6.45) is 2.59. The Hall–Kier alpha value is -2.81. The van der Waals surface area contributed by atoms with Crippen LogP contribution in [-0.2, 0) is 9.53 Å². The highest BCUT2D eigenvalue weighted by atomic mass is 16.5. The third-order valence-electron chi connectivity index (χ3n) is 6.46. The van der Waals surface area contributed by atoms with Crippen LogP contribution in [0.5, 0.6) is 0 Å². The number of hydrogen-bond donors (Lipinski definition) is 2. The van der Waals surface area contributed by atoms with Crippen molar-refractivity contribution in [1.29, 1.82) is 0 Å². The van der Waals surface area contributed by atoms with Crippen LogP contribution in [0.25, 0.3) is 0 Å². The predicted molar refractivity (Wildman–Crippen MR) is 117 cm³/mol. The van der Waals surface area contributed by atoms with Gasteiger partial charge in [0.15, 0.2) is 0 Å². The van der Waals surface area contributed by atoms with E-state index in [1.807, 2.05) is 21.9 Å². The molecule has 1 saturated carbocycles. The molecule has 1 aromatic carbocycles. The molecule has 31 heavy (non-hydrogen) atoms. The molecule has 2 saturated heterocycles. The number of methoxy groups -OCH3 is 1. The Kier molecular flexibility index (Phi) is 6.60. The van der Waals surface area contributed by atoms with Gasteiger partial charge in [0.05, 0.1) is 18.5 Å². The number of anilines is 2. The van der Waals surface area contributed by atoms with Crippen LogP contribution in [0.3, 0.4) is 0 Å². The van der Waals surface area contributed by atoms with E-state index in [9.17, 15) is 14.4 Å². The number of carbonyl (C=O) groups is 3. The molecule has 0 radical (unpaired) electrons. The molecule has 4 rings (SSSR count). The van der Waals surface area contributed by atoms with E-state index >= 15 is 0 Å². The van der Waals surface area contributed by atoms with Crippen LogP contribution in [-0.4, -0.2) is 87.2 Å². The van der Waals surface area contributed by atoms with Crippen molar-refractivity contribution in [3.05, 3.63) is 23.8 Å². The van der Waals surface area contributed by atoms with E-state index in [1.54, 1.807) is 6.07 Å². The number of benzene rings is 1. The van der Waals surface area contributed by atoms with Crippen molar-refractivity contribution in [3.63, 3.8) is 0 Å². The van der Waals surface area contributed by atoms with Gasteiger partial charge in [-0.15, -0.1) is 0 Å². The van der Waals surface area contributed by atoms with Gasteiger partial charge in [0.2, 0.25) is 5.91 Å². The van der Waals surface area contributed by atoms with Crippen molar-refractivity contribution in [2.24, 2.45) is 5.92 Å². The number of ether oxygens (including phenoxy) is 1. The lowest BCUT2D eigenvalue weighted by Gasteiger charge is -2.39. The molecule has 3 aliphatic rings. The number of nitrogens with one attached hydrogen (secondary N) is 2. The quantitative estimate of drug-likeness (QED) is 0.751. The van der Waals surface area contributed by atoms with Crippen molar-refractivity contribution >= 4 is 29.3 Å². The zero-order valence-corrected chi connectivity index (χ0v) is 18.1. The lowest BCUT2D eigenvalue weighted by Crippen LogP contribution is -2.51. The fraction of sp³-hybridized carbons (Fsp3) is 0.591. The van der Waals surface area contributed by atoms with Crippen molar-refractivity contribution in [2.75, 3.05) is 69.7 Å². The molecule has 2 aliphatic heterocycles. The number of piperazine rings is 2. The normalized spacial score (nSPS) is 19.6. The number of rotatable bonds is 4. The van der Waals surface area contributed by atoms with Gasteiger partial charge in [0, 0.05) is 63.8 Å². The van der Waals surface area contributed by atoms with Crippen LogP contribution in [0.1, 0.15) is 29.6 Å². The highest BCUT2D eigenvalue weighted by molar-refractivity contribution is 5.98. The molecule has 3 fully saturated rings. The second-order valence-electron chi connectivity index (χ2n) is 8.33. The number of carbonyl (C=O) groups excluding carboxylic acids is 3. The van der Waals surface area contributed by atoms with Gasteiger partial charge in [0.25, 0.3) is 5.91 Å². The van der Waals surface area contributed by atoms with Gasteiger partial charge in [-0.05, 0) is 31.0 Å². The molecule has 9 nitrogen and oxygen atoms in total. The molecular weight excluding hydrogens is 398 g/mol. The van der Waals surface area contributed by atoms with Gasteiger partial charge in [-0.2, -0.15) is 0 Å². The van der Waals surface area contributed by atoms with E-state index in [1.165, 1.54) is 7.11 Å². The van der Waals surface area contributed by atoms with Crippen molar-refractivity contribution in [1.82, 2.24) is 15.1 Å². The van der Waals surface area contributed by atoms with Crippen LogP contribution < -0.4 is 15.5 Å².